The van der Waals surface area contributed by atoms with Crippen LogP contribution in [0, 0.1) is 5.41 Å². The molecule has 0 amide bonds. The average molecular weight is 497 g/mol. The fourth-order valence-corrected chi connectivity index (χ4v) is 6.45. The largest absolute Gasteiger partial charge is 0.469 e. The number of fused-ring (bicyclic) bond motifs is 1. The minimum atomic E-state index is -0.220. The van der Waals surface area contributed by atoms with Crippen molar-refractivity contribution in [1.82, 2.24) is 9.88 Å². The van der Waals surface area contributed by atoms with Crippen LogP contribution < -0.4 is 0 Å². The highest BCUT2D eigenvalue weighted by molar-refractivity contribution is 7.80. The zero-order valence-corrected chi connectivity index (χ0v) is 21.5. The summed E-state index contributed by atoms with van der Waals surface area (Å²) < 4.78 is 12.9. The SMILES string of the molecule is COC(=O)CC1(C(S)c2cccc(C(OC3CCN(C)CC3)c3nc4ccccc4s3)c2)CC1. The van der Waals surface area contributed by atoms with E-state index in [2.05, 4.69) is 54.4 Å². The predicted octanol–water partition coefficient (Wildman–Crippen LogP) is 5.81. The standard InChI is InChI=1S/C27H32N2O3S2/c1-29-14-10-20(11-15-29)32-24(26-28-21-8-3-4-9-22(21)34-26)18-6-5-7-19(16-18)25(33)27(12-13-27)17-23(30)31-2/h3-9,16,20,24-25,33H,10-15,17H2,1-2H3. The van der Waals surface area contributed by atoms with Gasteiger partial charge in [0.2, 0.25) is 0 Å². The van der Waals surface area contributed by atoms with E-state index in [0.29, 0.717) is 6.42 Å². The summed E-state index contributed by atoms with van der Waals surface area (Å²) in [7, 11) is 3.62. The monoisotopic (exact) mass is 496 g/mol. The number of methoxy groups -OCH3 is 1. The van der Waals surface area contributed by atoms with Gasteiger partial charge in [-0.15, -0.1) is 11.3 Å². The predicted molar refractivity (Wildman–Crippen MR) is 140 cm³/mol. The van der Waals surface area contributed by atoms with Gasteiger partial charge in [0.1, 0.15) is 11.1 Å². The van der Waals surface area contributed by atoms with E-state index in [9.17, 15) is 4.79 Å². The Kier molecular flexibility index (Phi) is 6.98. The first kappa shape index (κ1) is 23.8. The normalized spacial score (nSPS) is 20.2. The Morgan fingerprint density at radius 2 is 1.91 bits per heavy atom. The quantitative estimate of drug-likeness (QED) is 0.315. The molecule has 0 radical (unpaired) electrons. The molecule has 2 aliphatic rings. The number of piperidine rings is 1. The van der Waals surface area contributed by atoms with Gasteiger partial charge in [0, 0.05) is 18.3 Å². The summed E-state index contributed by atoms with van der Waals surface area (Å²) >= 11 is 6.70. The van der Waals surface area contributed by atoms with Crippen LogP contribution in [0.2, 0.25) is 0 Å². The summed E-state index contributed by atoms with van der Waals surface area (Å²) in [6.45, 7) is 2.10. The molecule has 7 heteroatoms. The number of aromatic nitrogens is 1. The highest BCUT2D eigenvalue weighted by Gasteiger charge is 2.50. The molecular formula is C27H32N2O3S2. The second-order valence-electron chi connectivity index (χ2n) is 9.73. The molecule has 1 aliphatic heterocycles. The zero-order chi connectivity index (χ0) is 23.7. The van der Waals surface area contributed by atoms with Crippen molar-refractivity contribution in [3.63, 3.8) is 0 Å². The van der Waals surface area contributed by atoms with Gasteiger partial charge >= 0.3 is 5.97 Å². The number of para-hydroxylation sites is 1. The number of carbonyl (C=O) groups excluding carboxylic acids is 1. The lowest BCUT2D eigenvalue weighted by Crippen LogP contribution is -2.35. The topological polar surface area (TPSA) is 51.7 Å². The number of rotatable bonds is 8. The lowest BCUT2D eigenvalue weighted by atomic mass is 9.91. The van der Waals surface area contributed by atoms with E-state index in [4.69, 9.17) is 27.1 Å². The number of likely N-dealkylation sites (tertiary alicyclic amines) is 1. The highest BCUT2D eigenvalue weighted by atomic mass is 32.1. The van der Waals surface area contributed by atoms with Crippen LogP contribution in [0.4, 0.5) is 0 Å². The number of hydrogen-bond acceptors (Lipinski definition) is 7. The van der Waals surface area contributed by atoms with Crippen LogP contribution in [0.1, 0.15) is 59.6 Å². The Hall–Kier alpha value is -1.93. The van der Waals surface area contributed by atoms with Gasteiger partial charge in [-0.05, 0) is 61.4 Å². The van der Waals surface area contributed by atoms with Gasteiger partial charge in [-0.1, -0.05) is 36.4 Å². The zero-order valence-electron chi connectivity index (χ0n) is 19.8. The van der Waals surface area contributed by atoms with E-state index in [1.807, 2.05) is 6.07 Å². The summed E-state index contributed by atoms with van der Waals surface area (Å²) in [6, 6.07) is 16.8. The molecule has 2 unspecified atom stereocenters. The second kappa shape index (κ2) is 9.97. The summed E-state index contributed by atoms with van der Waals surface area (Å²) in [5.41, 5.74) is 3.12. The molecule has 0 N–H and O–H groups in total. The maximum atomic E-state index is 12.0. The lowest BCUT2D eigenvalue weighted by molar-refractivity contribution is -0.142. The molecule has 5 nitrogen and oxygen atoms in total. The number of carbonyl (C=O) groups is 1. The molecule has 1 aromatic heterocycles. The van der Waals surface area contributed by atoms with E-state index < -0.39 is 0 Å². The third-order valence-corrected chi connectivity index (χ3v) is 9.18. The molecular weight excluding hydrogens is 464 g/mol. The molecule has 0 spiro atoms. The Morgan fingerprint density at radius 3 is 2.62 bits per heavy atom. The fourth-order valence-electron chi connectivity index (χ4n) is 4.91. The molecule has 2 heterocycles. The second-order valence-corrected chi connectivity index (χ2v) is 11.3. The Bertz CT molecular complexity index is 1120. The third kappa shape index (κ3) is 5.03. The summed E-state index contributed by atoms with van der Waals surface area (Å²) in [4.78, 5) is 19.3. The first-order chi connectivity index (χ1) is 16.5. The number of esters is 1. The van der Waals surface area contributed by atoms with Gasteiger partial charge in [0.25, 0.3) is 0 Å². The first-order valence-corrected chi connectivity index (χ1v) is 13.3. The van der Waals surface area contributed by atoms with Crippen LogP contribution in [-0.2, 0) is 14.3 Å². The Morgan fingerprint density at radius 1 is 1.18 bits per heavy atom. The van der Waals surface area contributed by atoms with Crippen LogP contribution in [0.3, 0.4) is 0 Å². The van der Waals surface area contributed by atoms with Crippen molar-refractivity contribution in [2.75, 3.05) is 27.2 Å². The van der Waals surface area contributed by atoms with Gasteiger partial charge in [-0.25, -0.2) is 4.98 Å². The number of nitrogens with zero attached hydrogens (tertiary/aromatic N) is 2. The number of thiol groups is 1. The van der Waals surface area contributed by atoms with Crippen LogP contribution >= 0.6 is 24.0 Å². The fraction of sp³-hybridized carbons (Fsp3) is 0.481. The third-order valence-electron chi connectivity index (χ3n) is 7.25. The Balaban J connectivity index is 1.45. The highest BCUT2D eigenvalue weighted by Crippen LogP contribution is 2.60. The minimum Gasteiger partial charge on any atom is -0.469 e. The summed E-state index contributed by atoms with van der Waals surface area (Å²) in [5, 5.41) is 0.967. The Labute approximate surface area is 210 Å². The van der Waals surface area contributed by atoms with Crippen LogP contribution in [0.5, 0.6) is 0 Å². The molecule has 180 valence electrons. The molecule has 3 aromatic rings. The van der Waals surface area contributed by atoms with Crippen molar-refractivity contribution < 1.29 is 14.3 Å². The molecule has 5 rings (SSSR count). The van der Waals surface area contributed by atoms with Crippen LogP contribution in [0.25, 0.3) is 10.2 Å². The van der Waals surface area contributed by atoms with Crippen molar-refractivity contribution in [3.8, 4) is 0 Å². The maximum absolute atomic E-state index is 12.0. The molecule has 1 saturated heterocycles. The number of ether oxygens (including phenoxy) is 2. The van der Waals surface area contributed by atoms with Gasteiger partial charge in [0.05, 0.1) is 29.9 Å². The molecule has 0 bridgehead atoms. The van der Waals surface area contributed by atoms with Gasteiger partial charge in [-0.3, -0.25) is 4.79 Å². The average Bonchev–Trinajstić information content (AvgIpc) is 3.51. The van der Waals surface area contributed by atoms with Crippen molar-refractivity contribution in [3.05, 3.63) is 64.7 Å². The van der Waals surface area contributed by atoms with Crippen LogP contribution in [0.15, 0.2) is 48.5 Å². The molecule has 34 heavy (non-hydrogen) atoms. The molecule has 1 aliphatic carbocycles. The van der Waals surface area contributed by atoms with E-state index in [-0.39, 0.29) is 28.8 Å². The summed E-state index contributed by atoms with van der Waals surface area (Å²) in [6.07, 6.45) is 4.43. The van der Waals surface area contributed by atoms with E-state index >= 15 is 0 Å². The van der Waals surface area contributed by atoms with Crippen LogP contribution in [-0.4, -0.2) is 49.2 Å². The van der Waals surface area contributed by atoms with Gasteiger partial charge in [-0.2, -0.15) is 12.6 Å². The van der Waals surface area contributed by atoms with Crippen molar-refractivity contribution in [2.24, 2.45) is 5.41 Å². The smallest absolute Gasteiger partial charge is 0.306 e. The van der Waals surface area contributed by atoms with Crippen molar-refractivity contribution in [1.29, 1.82) is 0 Å². The maximum Gasteiger partial charge on any atom is 0.306 e. The molecule has 2 aromatic carbocycles. The van der Waals surface area contributed by atoms with Crippen molar-refractivity contribution >= 4 is 40.2 Å². The van der Waals surface area contributed by atoms with Gasteiger partial charge in [0.15, 0.2) is 0 Å². The molecule has 2 atom stereocenters. The number of thiazole rings is 1. The summed E-state index contributed by atoms with van der Waals surface area (Å²) in [5.74, 6) is -0.161. The first-order valence-electron chi connectivity index (χ1n) is 12.0. The van der Waals surface area contributed by atoms with Crippen molar-refractivity contribution in [2.45, 2.75) is 49.6 Å². The molecule has 2 fully saturated rings. The van der Waals surface area contributed by atoms with E-state index in [0.717, 1.165) is 60.4 Å². The minimum absolute atomic E-state index is 0.0223. The van der Waals surface area contributed by atoms with E-state index in [1.165, 1.54) is 11.8 Å². The van der Waals surface area contributed by atoms with E-state index in [1.54, 1.807) is 11.3 Å². The number of benzene rings is 2. The van der Waals surface area contributed by atoms with Gasteiger partial charge < -0.3 is 14.4 Å². The molecule has 1 saturated carbocycles. The lowest BCUT2D eigenvalue weighted by Gasteiger charge is -2.31. The number of hydrogen-bond donors (Lipinski definition) is 1.